The molecule has 1 aromatic carbocycles. The van der Waals surface area contributed by atoms with Gasteiger partial charge in [-0.05, 0) is 42.7 Å². The maximum atomic E-state index is 12.1. The van der Waals surface area contributed by atoms with E-state index in [1.54, 1.807) is 6.20 Å². The van der Waals surface area contributed by atoms with E-state index in [-0.39, 0.29) is 5.91 Å². The van der Waals surface area contributed by atoms with E-state index < -0.39 is 0 Å². The zero-order valence-corrected chi connectivity index (χ0v) is 16.3. The minimum Gasteiger partial charge on any atom is -0.492 e. The molecular weight excluding hydrogens is 366 g/mol. The first-order valence-corrected chi connectivity index (χ1v) is 9.64. The van der Waals surface area contributed by atoms with Crippen LogP contribution in [0.2, 0.25) is 5.02 Å². The first-order chi connectivity index (χ1) is 13.1. The van der Waals surface area contributed by atoms with Crippen LogP contribution in [0.1, 0.15) is 28.0 Å². The Bertz CT molecular complexity index is 757. The van der Waals surface area contributed by atoms with Gasteiger partial charge in [-0.3, -0.25) is 9.69 Å². The number of carbonyl (C=O) groups excluding carboxylic acids is 1. The SMILES string of the molecule is Cc1c[nH]c(C(=O)NCc2ccc(OCCCN3CCOCC3)c(Cl)c2)c1. The molecule has 0 bridgehead atoms. The molecule has 6 nitrogen and oxygen atoms in total. The standard InChI is InChI=1S/C20H26ClN3O3/c1-15-11-18(22-13-15)20(25)23-14-16-3-4-19(17(21)12-16)27-8-2-5-24-6-9-26-10-7-24/h3-4,11-13,22H,2,5-10,14H2,1H3,(H,23,25). The van der Waals surface area contributed by atoms with E-state index in [0.29, 0.717) is 29.6 Å². The van der Waals surface area contributed by atoms with Gasteiger partial charge in [-0.25, -0.2) is 0 Å². The van der Waals surface area contributed by atoms with Crippen LogP contribution < -0.4 is 10.1 Å². The first kappa shape index (κ1) is 19.7. The van der Waals surface area contributed by atoms with Crippen LogP contribution in [0.4, 0.5) is 0 Å². The van der Waals surface area contributed by atoms with Crippen LogP contribution in [0.3, 0.4) is 0 Å². The monoisotopic (exact) mass is 391 g/mol. The molecule has 0 saturated carbocycles. The molecule has 1 saturated heterocycles. The number of amides is 1. The molecule has 0 spiro atoms. The summed E-state index contributed by atoms with van der Waals surface area (Å²) in [6.45, 7) is 7.58. The Labute approximate surface area is 164 Å². The lowest BCUT2D eigenvalue weighted by Crippen LogP contribution is -2.37. The van der Waals surface area contributed by atoms with Gasteiger partial charge in [0, 0.05) is 32.4 Å². The summed E-state index contributed by atoms with van der Waals surface area (Å²) in [6.07, 6.45) is 2.75. The van der Waals surface area contributed by atoms with Crippen LogP contribution in [-0.2, 0) is 11.3 Å². The van der Waals surface area contributed by atoms with Crippen LogP contribution >= 0.6 is 11.6 Å². The van der Waals surface area contributed by atoms with Gasteiger partial charge < -0.3 is 19.8 Å². The molecule has 1 amide bonds. The number of rotatable bonds is 8. The fourth-order valence-corrected chi connectivity index (χ4v) is 3.24. The molecule has 27 heavy (non-hydrogen) atoms. The molecule has 1 fully saturated rings. The van der Waals surface area contributed by atoms with Crippen LogP contribution in [0.25, 0.3) is 0 Å². The summed E-state index contributed by atoms with van der Waals surface area (Å²) in [6, 6.07) is 7.43. The summed E-state index contributed by atoms with van der Waals surface area (Å²) in [5.74, 6) is 0.538. The molecule has 7 heteroatoms. The van der Waals surface area contributed by atoms with Crippen molar-refractivity contribution in [1.82, 2.24) is 15.2 Å². The highest BCUT2D eigenvalue weighted by Crippen LogP contribution is 2.25. The minimum atomic E-state index is -0.136. The molecule has 3 rings (SSSR count). The number of ether oxygens (including phenoxy) is 2. The minimum absolute atomic E-state index is 0.136. The number of benzene rings is 1. The molecule has 2 aromatic rings. The lowest BCUT2D eigenvalue weighted by atomic mass is 10.2. The van der Waals surface area contributed by atoms with Gasteiger partial charge in [-0.15, -0.1) is 0 Å². The highest BCUT2D eigenvalue weighted by atomic mass is 35.5. The number of H-pyrrole nitrogens is 1. The predicted octanol–water partition coefficient (Wildman–Crippen LogP) is 3.01. The number of aromatic amines is 1. The number of nitrogens with zero attached hydrogens (tertiary/aromatic N) is 1. The Hall–Kier alpha value is -2.02. The van der Waals surface area contributed by atoms with Crippen molar-refractivity contribution in [2.45, 2.75) is 19.9 Å². The van der Waals surface area contributed by atoms with Crippen molar-refractivity contribution >= 4 is 17.5 Å². The number of nitrogens with one attached hydrogen (secondary N) is 2. The van der Waals surface area contributed by atoms with Crippen molar-refractivity contribution in [2.75, 3.05) is 39.5 Å². The summed E-state index contributed by atoms with van der Waals surface area (Å²) >= 11 is 6.32. The van der Waals surface area contributed by atoms with Gasteiger partial charge in [0.2, 0.25) is 0 Å². The van der Waals surface area contributed by atoms with Crippen molar-refractivity contribution in [3.05, 3.63) is 52.3 Å². The van der Waals surface area contributed by atoms with Crippen LogP contribution in [0, 0.1) is 6.92 Å². The molecule has 0 atom stereocenters. The fraction of sp³-hybridized carbons (Fsp3) is 0.450. The number of hydrogen-bond donors (Lipinski definition) is 2. The second kappa shape index (κ2) is 9.78. The van der Waals surface area contributed by atoms with Crippen molar-refractivity contribution < 1.29 is 14.3 Å². The average molecular weight is 392 g/mol. The summed E-state index contributed by atoms with van der Waals surface area (Å²) < 4.78 is 11.1. The van der Waals surface area contributed by atoms with Crippen LogP contribution in [0.15, 0.2) is 30.5 Å². The van der Waals surface area contributed by atoms with E-state index in [9.17, 15) is 4.79 Å². The first-order valence-electron chi connectivity index (χ1n) is 9.26. The van der Waals surface area contributed by atoms with Gasteiger partial charge in [-0.2, -0.15) is 0 Å². The normalized spacial score (nSPS) is 14.9. The van der Waals surface area contributed by atoms with Gasteiger partial charge in [-0.1, -0.05) is 17.7 Å². The zero-order valence-electron chi connectivity index (χ0n) is 15.6. The van der Waals surface area contributed by atoms with Crippen LogP contribution in [0.5, 0.6) is 5.75 Å². The highest BCUT2D eigenvalue weighted by Gasteiger charge is 2.11. The molecule has 0 radical (unpaired) electrons. The maximum Gasteiger partial charge on any atom is 0.267 e. The molecule has 0 unspecified atom stereocenters. The number of hydrogen-bond acceptors (Lipinski definition) is 4. The Kier molecular flexibility index (Phi) is 7.15. The quantitative estimate of drug-likeness (QED) is 0.679. The third-order valence-corrected chi connectivity index (χ3v) is 4.80. The third-order valence-electron chi connectivity index (χ3n) is 4.50. The van der Waals surface area contributed by atoms with Crippen molar-refractivity contribution in [2.24, 2.45) is 0 Å². The summed E-state index contributed by atoms with van der Waals surface area (Å²) in [5, 5.41) is 3.44. The zero-order chi connectivity index (χ0) is 19.1. The van der Waals surface area contributed by atoms with Gasteiger partial charge in [0.15, 0.2) is 0 Å². The summed E-state index contributed by atoms with van der Waals surface area (Å²) in [5.41, 5.74) is 2.51. The smallest absolute Gasteiger partial charge is 0.267 e. The Morgan fingerprint density at radius 2 is 2.15 bits per heavy atom. The average Bonchev–Trinajstić information content (AvgIpc) is 3.12. The molecule has 1 aliphatic rings. The van der Waals surface area contributed by atoms with E-state index in [1.807, 2.05) is 31.2 Å². The molecule has 1 aromatic heterocycles. The number of aryl methyl sites for hydroxylation is 1. The van der Waals surface area contributed by atoms with Gasteiger partial charge in [0.1, 0.15) is 11.4 Å². The number of halogens is 1. The molecule has 2 heterocycles. The summed E-state index contributed by atoms with van der Waals surface area (Å²) in [4.78, 5) is 17.4. The molecule has 2 N–H and O–H groups in total. The number of morpholine rings is 1. The van der Waals surface area contributed by atoms with Crippen molar-refractivity contribution in [3.8, 4) is 5.75 Å². The Morgan fingerprint density at radius 3 is 2.85 bits per heavy atom. The van der Waals surface area contributed by atoms with E-state index in [4.69, 9.17) is 21.1 Å². The Morgan fingerprint density at radius 1 is 1.33 bits per heavy atom. The molecule has 0 aliphatic carbocycles. The van der Waals surface area contributed by atoms with E-state index >= 15 is 0 Å². The lowest BCUT2D eigenvalue weighted by molar-refractivity contribution is 0.0358. The lowest BCUT2D eigenvalue weighted by Gasteiger charge is -2.26. The van der Waals surface area contributed by atoms with E-state index in [2.05, 4.69) is 15.2 Å². The van der Waals surface area contributed by atoms with Gasteiger partial charge >= 0.3 is 0 Å². The fourth-order valence-electron chi connectivity index (χ4n) is 2.98. The highest BCUT2D eigenvalue weighted by molar-refractivity contribution is 6.32. The predicted molar refractivity (Wildman–Crippen MR) is 106 cm³/mol. The van der Waals surface area contributed by atoms with Gasteiger partial charge in [0.25, 0.3) is 5.91 Å². The third kappa shape index (κ3) is 5.99. The van der Waals surface area contributed by atoms with Crippen LogP contribution in [-0.4, -0.2) is 55.2 Å². The van der Waals surface area contributed by atoms with Crippen molar-refractivity contribution in [3.63, 3.8) is 0 Å². The Balaban J connectivity index is 1.42. The second-order valence-corrected chi connectivity index (χ2v) is 7.10. The maximum absolute atomic E-state index is 12.1. The van der Waals surface area contributed by atoms with E-state index in [1.165, 1.54) is 0 Å². The summed E-state index contributed by atoms with van der Waals surface area (Å²) in [7, 11) is 0. The largest absolute Gasteiger partial charge is 0.492 e. The molecule has 146 valence electrons. The number of aromatic nitrogens is 1. The topological polar surface area (TPSA) is 66.6 Å². The molecule has 1 aliphatic heterocycles. The number of carbonyl (C=O) groups is 1. The molecular formula is C20H26ClN3O3. The van der Waals surface area contributed by atoms with E-state index in [0.717, 1.165) is 50.4 Å². The van der Waals surface area contributed by atoms with Crippen molar-refractivity contribution in [1.29, 1.82) is 0 Å². The van der Waals surface area contributed by atoms with Gasteiger partial charge in [0.05, 0.1) is 24.8 Å². The second-order valence-electron chi connectivity index (χ2n) is 6.69.